The first-order chi connectivity index (χ1) is 9.99. The minimum Gasteiger partial charge on any atom is -0.481 e. The fourth-order valence-corrected chi connectivity index (χ4v) is 2.22. The van der Waals surface area contributed by atoms with Crippen molar-refractivity contribution in [1.29, 1.82) is 0 Å². The summed E-state index contributed by atoms with van der Waals surface area (Å²) in [7, 11) is 1.66. The molecule has 2 N–H and O–H groups in total. The molecule has 0 aliphatic rings. The van der Waals surface area contributed by atoms with Crippen LogP contribution in [-0.4, -0.2) is 26.8 Å². The Labute approximate surface area is 122 Å². The van der Waals surface area contributed by atoms with E-state index in [9.17, 15) is 9.59 Å². The minimum absolute atomic E-state index is 0.172. The van der Waals surface area contributed by atoms with Crippen LogP contribution in [0, 0.1) is 6.92 Å². The van der Waals surface area contributed by atoms with E-state index in [4.69, 9.17) is 5.11 Å². The third kappa shape index (κ3) is 3.47. The highest BCUT2D eigenvalue weighted by atomic mass is 16.4. The van der Waals surface area contributed by atoms with Crippen LogP contribution in [0.4, 0.5) is 0 Å². The number of hydrogen-bond donors (Lipinski definition) is 2. The fourth-order valence-electron chi connectivity index (χ4n) is 2.22. The number of hydrogen-bond acceptors (Lipinski definition) is 3. The number of carbonyl (C=O) groups is 2. The first kappa shape index (κ1) is 14.8. The van der Waals surface area contributed by atoms with E-state index in [0.29, 0.717) is 5.69 Å². The summed E-state index contributed by atoms with van der Waals surface area (Å²) < 4.78 is 1.45. The molecule has 1 aromatic heterocycles. The highest BCUT2D eigenvalue weighted by Crippen LogP contribution is 2.21. The highest BCUT2D eigenvalue weighted by Gasteiger charge is 2.21. The monoisotopic (exact) mass is 287 g/mol. The molecule has 0 aliphatic carbocycles. The van der Waals surface area contributed by atoms with Crippen molar-refractivity contribution < 1.29 is 14.7 Å². The Morgan fingerprint density at radius 3 is 2.62 bits per heavy atom. The van der Waals surface area contributed by atoms with Gasteiger partial charge in [0.05, 0.1) is 12.5 Å². The molecule has 1 amide bonds. The lowest BCUT2D eigenvalue weighted by Crippen LogP contribution is -2.31. The van der Waals surface area contributed by atoms with Crippen LogP contribution in [0.1, 0.15) is 34.1 Å². The van der Waals surface area contributed by atoms with Gasteiger partial charge >= 0.3 is 5.97 Å². The van der Waals surface area contributed by atoms with Gasteiger partial charge in [-0.05, 0) is 24.1 Å². The summed E-state index contributed by atoms with van der Waals surface area (Å²) in [6, 6.07) is 8.43. The Kier molecular flexibility index (Phi) is 4.37. The Morgan fingerprint density at radius 1 is 1.33 bits per heavy atom. The van der Waals surface area contributed by atoms with Crippen LogP contribution in [-0.2, 0) is 11.8 Å². The second kappa shape index (κ2) is 6.21. The van der Waals surface area contributed by atoms with E-state index in [1.807, 2.05) is 31.2 Å². The predicted octanol–water partition coefficient (Wildman–Crippen LogP) is 1.67. The number of carboxylic acids is 1. The van der Waals surface area contributed by atoms with Gasteiger partial charge in [0.1, 0.15) is 5.69 Å². The number of nitrogens with zero attached hydrogens (tertiary/aromatic N) is 2. The number of aryl methyl sites for hydroxylation is 2. The zero-order valence-corrected chi connectivity index (χ0v) is 11.9. The Hall–Kier alpha value is -2.63. The number of nitrogens with one attached hydrogen (secondary N) is 1. The van der Waals surface area contributed by atoms with E-state index in [-0.39, 0.29) is 12.3 Å². The zero-order valence-electron chi connectivity index (χ0n) is 11.9. The van der Waals surface area contributed by atoms with Gasteiger partial charge in [-0.15, -0.1) is 0 Å². The number of carbonyl (C=O) groups excluding carboxylic acids is 1. The normalized spacial score (nSPS) is 11.9. The van der Waals surface area contributed by atoms with Gasteiger partial charge in [-0.2, -0.15) is 5.10 Å². The molecule has 2 aromatic rings. The second-order valence-corrected chi connectivity index (χ2v) is 4.82. The van der Waals surface area contributed by atoms with E-state index in [2.05, 4.69) is 10.4 Å². The van der Waals surface area contributed by atoms with Crippen molar-refractivity contribution in [3.05, 3.63) is 53.3 Å². The van der Waals surface area contributed by atoms with Crippen LogP contribution < -0.4 is 5.32 Å². The third-order valence-corrected chi connectivity index (χ3v) is 3.30. The van der Waals surface area contributed by atoms with Gasteiger partial charge in [0, 0.05) is 13.2 Å². The van der Waals surface area contributed by atoms with Crippen molar-refractivity contribution in [2.24, 2.45) is 7.05 Å². The quantitative estimate of drug-likeness (QED) is 0.876. The Bertz CT molecular complexity index is 664. The molecule has 0 saturated carbocycles. The average molecular weight is 287 g/mol. The van der Waals surface area contributed by atoms with Crippen molar-refractivity contribution in [2.75, 3.05) is 0 Å². The number of benzene rings is 1. The Morgan fingerprint density at radius 2 is 2.05 bits per heavy atom. The topological polar surface area (TPSA) is 84.2 Å². The molecule has 0 aliphatic heterocycles. The van der Waals surface area contributed by atoms with Gasteiger partial charge in [-0.25, -0.2) is 0 Å². The summed E-state index contributed by atoms with van der Waals surface area (Å²) in [5.41, 5.74) is 2.13. The van der Waals surface area contributed by atoms with Crippen molar-refractivity contribution in [3.63, 3.8) is 0 Å². The molecule has 0 spiro atoms. The number of amides is 1. The highest BCUT2D eigenvalue weighted by molar-refractivity contribution is 5.93. The average Bonchev–Trinajstić information content (AvgIpc) is 2.84. The maximum atomic E-state index is 12.2. The standard InChI is InChI=1S/C15H17N3O3/c1-10-5-3-4-6-11(10)12(9-14(19)20)17-15(21)13-7-8-16-18(13)2/h3-8,12H,9H2,1-2H3,(H,17,21)(H,19,20)/t12-/m0/s1. The molecule has 6 heteroatoms. The van der Waals surface area contributed by atoms with Crippen LogP contribution in [0.15, 0.2) is 36.5 Å². The lowest BCUT2D eigenvalue weighted by Gasteiger charge is -2.19. The second-order valence-electron chi connectivity index (χ2n) is 4.82. The molecule has 0 unspecified atom stereocenters. The SMILES string of the molecule is Cc1ccccc1[C@H](CC(=O)O)NC(=O)c1ccnn1C. The lowest BCUT2D eigenvalue weighted by molar-refractivity contribution is -0.137. The molecule has 0 bridgehead atoms. The summed E-state index contributed by atoms with van der Waals surface area (Å²) in [4.78, 5) is 23.3. The number of rotatable bonds is 5. The number of aromatic nitrogens is 2. The molecule has 2 rings (SSSR count). The van der Waals surface area contributed by atoms with Gasteiger partial charge in [0.25, 0.3) is 5.91 Å². The molecule has 0 fully saturated rings. The van der Waals surface area contributed by atoms with Gasteiger partial charge in [0.2, 0.25) is 0 Å². The largest absolute Gasteiger partial charge is 0.481 e. The third-order valence-electron chi connectivity index (χ3n) is 3.30. The molecule has 0 radical (unpaired) electrons. The fraction of sp³-hybridized carbons (Fsp3) is 0.267. The van der Waals surface area contributed by atoms with E-state index in [1.165, 1.54) is 10.9 Å². The summed E-state index contributed by atoms with van der Waals surface area (Å²) in [6.07, 6.45) is 1.35. The lowest BCUT2D eigenvalue weighted by atomic mass is 9.98. The van der Waals surface area contributed by atoms with Gasteiger partial charge in [-0.1, -0.05) is 24.3 Å². The first-order valence-electron chi connectivity index (χ1n) is 6.55. The van der Waals surface area contributed by atoms with Gasteiger partial charge in [0.15, 0.2) is 0 Å². The van der Waals surface area contributed by atoms with Crippen LogP contribution in [0.3, 0.4) is 0 Å². The van der Waals surface area contributed by atoms with Gasteiger partial charge in [-0.3, -0.25) is 14.3 Å². The van der Waals surface area contributed by atoms with Gasteiger partial charge < -0.3 is 10.4 Å². The molecule has 110 valence electrons. The summed E-state index contributed by atoms with van der Waals surface area (Å²) >= 11 is 0. The van der Waals surface area contributed by atoms with Crippen LogP contribution in [0.5, 0.6) is 0 Å². The summed E-state index contributed by atoms with van der Waals surface area (Å²) in [5.74, 6) is -1.31. The maximum absolute atomic E-state index is 12.2. The van der Waals surface area contributed by atoms with Crippen LogP contribution >= 0.6 is 0 Å². The van der Waals surface area contributed by atoms with E-state index in [1.54, 1.807) is 13.1 Å². The van der Waals surface area contributed by atoms with Crippen molar-refractivity contribution in [3.8, 4) is 0 Å². The molecule has 0 saturated heterocycles. The van der Waals surface area contributed by atoms with E-state index in [0.717, 1.165) is 11.1 Å². The number of aliphatic carboxylic acids is 1. The van der Waals surface area contributed by atoms with E-state index >= 15 is 0 Å². The minimum atomic E-state index is -0.964. The number of carboxylic acid groups (broad SMARTS) is 1. The molecule has 21 heavy (non-hydrogen) atoms. The van der Waals surface area contributed by atoms with Crippen molar-refractivity contribution >= 4 is 11.9 Å². The van der Waals surface area contributed by atoms with Crippen LogP contribution in [0.25, 0.3) is 0 Å². The molecular formula is C15H17N3O3. The van der Waals surface area contributed by atoms with E-state index < -0.39 is 12.0 Å². The smallest absolute Gasteiger partial charge is 0.305 e. The summed E-state index contributed by atoms with van der Waals surface area (Å²) in [5, 5.41) is 15.8. The van der Waals surface area contributed by atoms with Crippen molar-refractivity contribution in [2.45, 2.75) is 19.4 Å². The predicted molar refractivity (Wildman–Crippen MR) is 76.8 cm³/mol. The summed E-state index contributed by atoms with van der Waals surface area (Å²) in [6.45, 7) is 1.89. The maximum Gasteiger partial charge on any atom is 0.305 e. The molecular weight excluding hydrogens is 270 g/mol. The van der Waals surface area contributed by atoms with Crippen LogP contribution in [0.2, 0.25) is 0 Å². The zero-order chi connectivity index (χ0) is 15.4. The molecule has 6 nitrogen and oxygen atoms in total. The molecule has 1 aromatic carbocycles. The van der Waals surface area contributed by atoms with Crippen molar-refractivity contribution in [1.82, 2.24) is 15.1 Å². The molecule has 1 heterocycles. The first-order valence-corrected chi connectivity index (χ1v) is 6.55. The Balaban J connectivity index is 2.25. The molecule has 1 atom stereocenters.